The number of nitrogens with zero attached hydrogens (tertiary/aromatic N) is 4. The highest BCUT2D eigenvalue weighted by Crippen LogP contribution is 2.42. The van der Waals surface area contributed by atoms with Gasteiger partial charge in [0.1, 0.15) is 22.3 Å². The van der Waals surface area contributed by atoms with Crippen LogP contribution in [0, 0.1) is 0 Å². The van der Waals surface area contributed by atoms with Crippen molar-refractivity contribution < 1.29 is 8.83 Å². The van der Waals surface area contributed by atoms with Crippen LogP contribution in [-0.2, 0) is 0 Å². The van der Waals surface area contributed by atoms with Gasteiger partial charge in [0.05, 0.1) is 22.1 Å². The molecule has 0 aliphatic rings. The Morgan fingerprint density at radius 1 is 0.316 bits per heavy atom. The summed E-state index contributed by atoms with van der Waals surface area (Å²) in [6.45, 7) is 0. The fourth-order valence-corrected chi connectivity index (χ4v) is 8.39. The van der Waals surface area contributed by atoms with E-state index in [0.29, 0.717) is 17.5 Å². The molecule has 57 heavy (non-hydrogen) atoms. The van der Waals surface area contributed by atoms with Gasteiger partial charge in [-0.25, -0.2) is 15.0 Å². The van der Waals surface area contributed by atoms with E-state index in [1.807, 2.05) is 60.7 Å². The predicted molar refractivity (Wildman–Crippen MR) is 230 cm³/mol. The zero-order valence-electron chi connectivity index (χ0n) is 30.4. The van der Waals surface area contributed by atoms with Gasteiger partial charge in [0.2, 0.25) is 0 Å². The molecule has 0 bridgehead atoms. The van der Waals surface area contributed by atoms with Gasteiger partial charge in [-0.1, -0.05) is 127 Å². The van der Waals surface area contributed by atoms with E-state index < -0.39 is 0 Å². The van der Waals surface area contributed by atoms with Crippen LogP contribution in [0.5, 0.6) is 0 Å². The van der Waals surface area contributed by atoms with Crippen LogP contribution in [-0.4, -0.2) is 19.5 Å². The first-order valence-corrected chi connectivity index (χ1v) is 19.0. The quantitative estimate of drug-likeness (QED) is 0.176. The molecule has 0 amide bonds. The van der Waals surface area contributed by atoms with Crippen molar-refractivity contribution >= 4 is 65.7 Å². The standard InChI is InChI=1S/C51H30N4O2/c1-3-13-31(14-4-1)35-27-43(55-41-20-10-7-17-36(41)37-18-8-11-21-42(37)55)48-40-26-24-34(29-46(40)57-47(48)30-35)51-53-49(32-15-5-2-6-16-32)52-50(54-51)33-23-25-39-38-19-9-12-22-44(38)56-45(39)28-33/h1-30H. The SMILES string of the molecule is c1ccc(-c2cc(-n3c4ccccc4c4ccccc43)c3c(c2)oc2cc(-c4nc(-c5ccccc5)nc(-c5ccc6c(c5)oc5ccccc56)n4)ccc23)cc1. The molecule has 0 aliphatic carbocycles. The highest BCUT2D eigenvalue weighted by Gasteiger charge is 2.21. The first-order chi connectivity index (χ1) is 28.2. The van der Waals surface area contributed by atoms with Gasteiger partial charge in [-0.2, -0.15) is 0 Å². The van der Waals surface area contributed by atoms with E-state index in [4.69, 9.17) is 23.8 Å². The molecule has 0 radical (unpaired) electrons. The summed E-state index contributed by atoms with van der Waals surface area (Å²) < 4.78 is 15.5. The number of aromatic nitrogens is 4. The average Bonchev–Trinajstić information content (AvgIpc) is 3.95. The molecule has 8 aromatic carbocycles. The van der Waals surface area contributed by atoms with Crippen LogP contribution in [0.3, 0.4) is 0 Å². The Kier molecular flexibility index (Phi) is 6.83. The van der Waals surface area contributed by atoms with E-state index in [1.165, 1.54) is 10.8 Å². The summed E-state index contributed by atoms with van der Waals surface area (Å²) in [7, 11) is 0. The Bertz CT molecular complexity index is 3470. The molecular weight excluding hydrogens is 701 g/mol. The topological polar surface area (TPSA) is 69.9 Å². The third-order valence-corrected chi connectivity index (χ3v) is 11.0. The van der Waals surface area contributed by atoms with Crippen molar-refractivity contribution in [3.8, 4) is 51.0 Å². The van der Waals surface area contributed by atoms with Crippen LogP contribution in [0.4, 0.5) is 0 Å². The molecule has 6 heteroatoms. The molecule has 4 heterocycles. The van der Waals surface area contributed by atoms with Crippen molar-refractivity contribution in [3.05, 3.63) is 182 Å². The van der Waals surface area contributed by atoms with Crippen LogP contribution >= 0.6 is 0 Å². The maximum Gasteiger partial charge on any atom is 0.164 e. The van der Waals surface area contributed by atoms with Crippen molar-refractivity contribution in [2.24, 2.45) is 0 Å². The molecule has 0 fully saturated rings. The second kappa shape index (κ2) is 12.3. The van der Waals surface area contributed by atoms with E-state index in [1.54, 1.807) is 0 Å². The molecule has 0 spiro atoms. The van der Waals surface area contributed by atoms with Crippen LogP contribution < -0.4 is 0 Å². The highest BCUT2D eigenvalue weighted by atomic mass is 16.3. The number of fused-ring (bicyclic) bond motifs is 9. The van der Waals surface area contributed by atoms with Crippen molar-refractivity contribution in [2.45, 2.75) is 0 Å². The smallest absolute Gasteiger partial charge is 0.164 e. The lowest BCUT2D eigenvalue weighted by atomic mass is 10.0. The van der Waals surface area contributed by atoms with Crippen LogP contribution in [0.1, 0.15) is 0 Å². The number of hydrogen-bond acceptors (Lipinski definition) is 5. The molecule has 0 aliphatic heterocycles. The zero-order chi connectivity index (χ0) is 37.5. The van der Waals surface area contributed by atoms with Crippen LogP contribution in [0.2, 0.25) is 0 Å². The summed E-state index contributed by atoms with van der Waals surface area (Å²) in [5.74, 6) is 1.71. The van der Waals surface area contributed by atoms with Gasteiger partial charge in [-0.3, -0.25) is 0 Å². The summed E-state index contributed by atoms with van der Waals surface area (Å²) in [5.41, 5.74) is 11.3. The lowest BCUT2D eigenvalue weighted by Gasteiger charge is -2.12. The largest absolute Gasteiger partial charge is 0.456 e. The number of rotatable bonds is 5. The van der Waals surface area contributed by atoms with Crippen molar-refractivity contribution in [2.75, 3.05) is 0 Å². The van der Waals surface area contributed by atoms with Gasteiger partial charge < -0.3 is 13.4 Å². The fourth-order valence-electron chi connectivity index (χ4n) is 8.39. The van der Waals surface area contributed by atoms with Gasteiger partial charge in [-0.15, -0.1) is 0 Å². The summed E-state index contributed by atoms with van der Waals surface area (Å²) in [4.78, 5) is 15.1. The average molecular weight is 731 g/mol. The van der Waals surface area contributed by atoms with Gasteiger partial charge >= 0.3 is 0 Å². The Balaban J connectivity index is 1.08. The molecule has 12 aromatic rings. The monoisotopic (exact) mass is 730 g/mol. The summed E-state index contributed by atoms with van der Waals surface area (Å²) >= 11 is 0. The van der Waals surface area contributed by atoms with E-state index in [-0.39, 0.29) is 0 Å². The molecular formula is C51H30N4O2. The molecule has 0 unspecified atom stereocenters. The zero-order valence-corrected chi connectivity index (χ0v) is 30.4. The highest BCUT2D eigenvalue weighted by molar-refractivity contribution is 6.15. The molecule has 4 aromatic heterocycles. The third-order valence-electron chi connectivity index (χ3n) is 11.0. The van der Waals surface area contributed by atoms with E-state index >= 15 is 0 Å². The van der Waals surface area contributed by atoms with Crippen LogP contribution in [0.15, 0.2) is 191 Å². The minimum atomic E-state index is 0.554. The Labute approximate surface area is 325 Å². The number of hydrogen-bond donors (Lipinski definition) is 0. The molecule has 0 N–H and O–H groups in total. The van der Waals surface area contributed by atoms with E-state index in [0.717, 1.165) is 88.4 Å². The molecule has 0 saturated carbocycles. The fraction of sp³-hybridized carbons (Fsp3) is 0. The first-order valence-electron chi connectivity index (χ1n) is 19.0. The number of furan rings is 2. The first kappa shape index (κ1) is 31.5. The second-order valence-corrected chi connectivity index (χ2v) is 14.4. The van der Waals surface area contributed by atoms with Crippen molar-refractivity contribution in [3.63, 3.8) is 0 Å². The van der Waals surface area contributed by atoms with Crippen molar-refractivity contribution in [1.29, 1.82) is 0 Å². The summed E-state index contributed by atoms with van der Waals surface area (Å²) in [6, 6.07) is 62.8. The molecule has 6 nitrogen and oxygen atoms in total. The molecule has 0 saturated heterocycles. The lowest BCUT2D eigenvalue weighted by Crippen LogP contribution is -2.00. The Morgan fingerprint density at radius 3 is 1.46 bits per heavy atom. The van der Waals surface area contributed by atoms with E-state index in [2.05, 4.69) is 126 Å². The number of benzene rings is 8. The van der Waals surface area contributed by atoms with Crippen molar-refractivity contribution in [1.82, 2.24) is 19.5 Å². The van der Waals surface area contributed by atoms with Gasteiger partial charge in [-0.05, 0) is 65.7 Å². The minimum Gasteiger partial charge on any atom is -0.456 e. The molecule has 12 rings (SSSR count). The Morgan fingerprint density at radius 2 is 0.789 bits per heavy atom. The van der Waals surface area contributed by atoms with Gasteiger partial charge in [0, 0.05) is 43.6 Å². The second-order valence-electron chi connectivity index (χ2n) is 14.4. The van der Waals surface area contributed by atoms with Gasteiger partial charge in [0.15, 0.2) is 17.5 Å². The molecule has 0 atom stereocenters. The maximum absolute atomic E-state index is 6.85. The predicted octanol–water partition coefficient (Wildman–Crippen LogP) is 13.4. The minimum absolute atomic E-state index is 0.554. The summed E-state index contributed by atoms with van der Waals surface area (Å²) in [6.07, 6.45) is 0. The maximum atomic E-state index is 6.85. The van der Waals surface area contributed by atoms with Gasteiger partial charge in [0.25, 0.3) is 0 Å². The number of para-hydroxylation sites is 3. The lowest BCUT2D eigenvalue weighted by molar-refractivity contribution is 0.668. The van der Waals surface area contributed by atoms with E-state index in [9.17, 15) is 0 Å². The Hall–Kier alpha value is -7.83. The third kappa shape index (κ3) is 5.01. The van der Waals surface area contributed by atoms with Crippen LogP contribution in [0.25, 0.3) is 117 Å². The normalized spacial score (nSPS) is 11.9. The molecule has 266 valence electrons. The summed E-state index contributed by atoms with van der Waals surface area (Å²) in [5, 5.41) is 6.61.